The number of para-hydroxylation sites is 1. The van der Waals surface area contributed by atoms with Gasteiger partial charge in [-0.15, -0.1) is 5.10 Å². The van der Waals surface area contributed by atoms with Crippen LogP contribution in [-0.4, -0.2) is 56.3 Å². The summed E-state index contributed by atoms with van der Waals surface area (Å²) in [5, 5.41) is 14.2. The van der Waals surface area contributed by atoms with Crippen molar-refractivity contribution < 1.29 is 0 Å². The van der Waals surface area contributed by atoms with Crippen LogP contribution in [0.15, 0.2) is 24.3 Å². The van der Waals surface area contributed by atoms with E-state index in [1.54, 1.807) is 11.3 Å². The van der Waals surface area contributed by atoms with E-state index in [-0.39, 0.29) is 0 Å². The Bertz CT molecular complexity index is 920. The average Bonchev–Trinajstić information content (AvgIpc) is 3.45. The van der Waals surface area contributed by atoms with Crippen molar-refractivity contribution in [2.45, 2.75) is 64.0 Å². The lowest BCUT2D eigenvalue weighted by Crippen LogP contribution is -2.48. The van der Waals surface area contributed by atoms with Crippen LogP contribution in [0.2, 0.25) is 0 Å². The van der Waals surface area contributed by atoms with E-state index in [1.165, 1.54) is 36.8 Å². The Hall–Kier alpha value is -2.06. The molecule has 160 valence electrons. The van der Waals surface area contributed by atoms with Gasteiger partial charge in [0.25, 0.3) is 0 Å². The Labute approximate surface area is 182 Å². The Morgan fingerprint density at radius 1 is 1.07 bits per heavy atom. The van der Waals surface area contributed by atoms with Gasteiger partial charge in [0.2, 0.25) is 0 Å². The van der Waals surface area contributed by atoms with Crippen molar-refractivity contribution in [1.82, 2.24) is 30.1 Å². The Balaban J connectivity index is 1.30. The van der Waals surface area contributed by atoms with Gasteiger partial charge in [-0.2, -0.15) is 0 Å². The molecule has 2 aromatic heterocycles. The highest BCUT2D eigenvalue weighted by Gasteiger charge is 2.31. The lowest BCUT2D eigenvalue weighted by molar-refractivity contribution is 0.158. The van der Waals surface area contributed by atoms with E-state index in [2.05, 4.69) is 61.2 Å². The highest BCUT2D eigenvalue weighted by Crippen LogP contribution is 2.34. The number of anilines is 1. The first-order valence-corrected chi connectivity index (χ1v) is 12.3. The molecule has 0 radical (unpaired) electrons. The first-order chi connectivity index (χ1) is 14.8. The van der Waals surface area contributed by atoms with Crippen molar-refractivity contribution in [1.29, 1.82) is 0 Å². The lowest BCUT2D eigenvalue weighted by atomic mass is 9.95. The minimum atomic E-state index is 0.310. The minimum Gasteiger partial charge on any atom is -0.345 e. The summed E-state index contributed by atoms with van der Waals surface area (Å²) in [6.07, 6.45) is 8.60. The number of hydrogen-bond donors (Lipinski definition) is 0. The van der Waals surface area contributed by atoms with Crippen molar-refractivity contribution >= 4 is 26.7 Å². The summed E-state index contributed by atoms with van der Waals surface area (Å²) >= 11 is 1.80. The molecule has 0 N–H and O–H groups in total. The van der Waals surface area contributed by atoms with Crippen LogP contribution >= 0.6 is 11.3 Å². The fourth-order valence-corrected chi connectivity index (χ4v) is 5.99. The topological polar surface area (TPSA) is 63.0 Å². The number of nitrogens with zero attached hydrogens (tertiary/aromatic N) is 7. The molecular formula is C22H31N7S. The number of hydrogen-bond acceptors (Lipinski definition) is 7. The van der Waals surface area contributed by atoms with Crippen molar-refractivity contribution in [3.8, 4) is 0 Å². The fourth-order valence-electron chi connectivity index (χ4n) is 4.97. The minimum absolute atomic E-state index is 0.310. The third kappa shape index (κ3) is 3.95. The molecule has 8 heteroatoms. The number of tetrazole rings is 1. The van der Waals surface area contributed by atoms with Crippen LogP contribution in [0.1, 0.15) is 69.8 Å². The van der Waals surface area contributed by atoms with Crippen LogP contribution in [0.3, 0.4) is 0 Å². The van der Waals surface area contributed by atoms with Gasteiger partial charge in [0.15, 0.2) is 11.0 Å². The van der Waals surface area contributed by atoms with Crippen molar-refractivity contribution in [2.75, 3.05) is 31.1 Å². The molecule has 30 heavy (non-hydrogen) atoms. The van der Waals surface area contributed by atoms with E-state index in [0.29, 0.717) is 12.1 Å². The predicted molar refractivity (Wildman–Crippen MR) is 121 cm³/mol. The zero-order valence-electron chi connectivity index (χ0n) is 17.8. The molecule has 2 fully saturated rings. The van der Waals surface area contributed by atoms with E-state index < -0.39 is 0 Å². The van der Waals surface area contributed by atoms with E-state index in [1.807, 2.05) is 0 Å². The SMILES string of the molecule is CCCC(c1nnnn1C1CCCCC1)N1CCN(c2nc3ccccc3s2)CC1. The molecular weight excluding hydrogens is 394 g/mol. The van der Waals surface area contributed by atoms with E-state index in [9.17, 15) is 0 Å². The molecule has 1 saturated heterocycles. The molecule has 2 aliphatic rings. The number of benzene rings is 1. The lowest BCUT2D eigenvalue weighted by Gasteiger charge is -2.39. The second kappa shape index (κ2) is 8.98. The van der Waals surface area contributed by atoms with Crippen LogP contribution in [-0.2, 0) is 0 Å². The molecule has 0 amide bonds. The van der Waals surface area contributed by atoms with E-state index in [0.717, 1.165) is 55.5 Å². The Morgan fingerprint density at radius 3 is 2.63 bits per heavy atom. The van der Waals surface area contributed by atoms with E-state index in [4.69, 9.17) is 4.98 Å². The van der Waals surface area contributed by atoms with Gasteiger partial charge in [0.1, 0.15) is 0 Å². The number of aromatic nitrogens is 5. The summed E-state index contributed by atoms with van der Waals surface area (Å²) in [6, 6.07) is 9.21. The number of thiazole rings is 1. The molecule has 7 nitrogen and oxygen atoms in total. The maximum Gasteiger partial charge on any atom is 0.186 e. The third-order valence-corrected chi connectivity index (χ3v) is 7.70. The molecule has 5 rings (SSSR count). The standard InChI is InChI=1S/C22H31N7S/c1-2-8-19(21-24-25-26-29(21)17-9-4-3-5-10-17)27-13-15-28(16-14-27)22-23-18-11-6-7-12-20(18)30-22/h6-7,11-12,17,19H,2-5,8-10,13-16H2,1H3. The van der Waals surface area contributed by atoms with Gasteiger partial charge in [-0.1, -0.05) is 56.1 Å². The zero-order chi connectivity index (χ0) is 20.3. The first-order valence-electron chi connectivity index (χ1n) is 11.5. The van der Waals surface area contributed by atoms with Crippen molar-refractivity contribution in [2.24, 2.45) is 0 Å². The van der Waals surface area contributed by atoms with Gasteiger partial charge in [-0.3, -0.25) is 4.90 Å². The van der Waals surface area contributed by atoms with Crippen LogP contribution in [0.25, 0.3) is 10.2 Å². The van der Waals surface area contributed by atoms with Gasteiger partial charge < -0.3 is 4.90 Å². The second-order valence-corrected chi connectivity index (χ2v) is 9.57. The fraction of sp³-hybridized carbons (Fsp3) is 0.636. The van der Waals surface area contributed by atoms with Crippen LogP contribution in [0.5, 0.6) is 0 Å². The summed E-state index contributed by atoms with van der Waals surface area (Å²) in [7, 11) is 0. The molecule has 0 bridgehead atoms. The highest BCUT2D eigenvalue weighted by atomic mass is 32.1. The molecule has 1 aliphatic carbocycles. The maximum atomic E-state index is 4.86. The van der Waals surface area contributed by atoms with Crippen LogP contribution < -0.4 is 4.90 Å². The highest BCUT2D eigenvalue weighted by molar-refractivity contribution is 7.22. The molecule has 0 spiro atoms. The molecule has 3 heterocycles. The summed E-state index contributed by atoms with van der Waals surface area (Å²) in [6.45, 7) is 6.32. The predicted octanol–water partition coefficient (Wildman–Crippen LogP) is 4.45. The average molecular weight is 426 g/mol. The smallest absolute Gasteiger partial charge is 0.186 e. The molecule has 1 aromatic carbocycles. The zero-order valence-corrected chi connectivity index (χ0v) is 18.6. The first kappa shape index (κ1) is 19.9. The number of piperazine rings is 1. The molecule has 1 saturated carbocycles. The second-order valence-electron chi connectivity index (χ2n) is 8.57. The van der Waals surface area contributed by atoms with Gasteiger partial charge >= 0.3 is 0 Å². The summed E-state index contributed by atoms with van der Waals surface area (Å²) < 4.78 is 3.44. The van der Waals surface area contributed by atoms with E-state index >= 15 is 0 Å². The Morgan fingerprint density at radius 2 is 1.87 bits per heavy atom. The normalized spacial score (nSPS) is 20.1. The molecule has 1 atom stereocenters. The van der Waals surface area contributed by atoms with Crippen molar-refractivity contribution in [3.63, 3.8) is 0 Å². The summed E-state index contributed by atoms with van der Waals surface area (Å²) in [5.41, 5.74) is 1.11. The van der Waals surface area contributed by atoms with Gasteiger partial charge in [-0.25, -0.2) is 9.67 Å². The third-order valence-electron chi connectivity index (χ3n) is 6.61. The Kier molecular flexibility index (Phi) is 5.95. The summed E-state index contributed by atoms with van der Waals surface area (Å²) in [4.78, 5) is 9.89. The monoisotopic (exact) mass is 425 g/mol. The molecule has 3 aromatic rings. The van der Waals surface area contributed by atoms with Crippen LogP contribution in [0, 0.1) is 0 Å². The quantitative estimate of drug-likeness (QED) is 0.581. The van der Waals surface area contributed by atoms with Gasteiger partial charge in [-0.05, 0) is 41.8 Å². The van der Waals surface area contributed by atoms with Crippen LogP contribution in [0.4, 0.5) is 5.13 Å². The molecule has 1 aliphatic heterocycles. The van der Waals surface area contributed by atoms with Crippen molar-refractivity contribution in [3.05, 3.63) is 30.1 Å². The summed E-state index contributed by atoms with van der Waals surface area (Å²) in [5.74, 6) is 1.08. The number of rotatable bonds is 6. The van der Waals surface area contributed by atoms with Gasteiger partial charge in [0, 0.05) is 26.2 Å². The maximum absolute atomic E-state index is 4.86. The van der Waals surface area contributed by atoms with Gasteiger partial charge in [0.05, 0.1) is 22.3 Å². The largest absolute Gasteiger partial charge is 0.345 e. The molecule has 1 unspecified atom stereocenters. The number of fused-ring (bicyclic) bond motifs is 1.